The molecule has 7 rings (SSSR count). The molecule has 0 saturated heterocycles. The summed E-state index contributed by atoms with van der Waals surface area (Å²) in [6.07, 6.45) is 7.34. The maximum absolute atomic E-state index is 12.3. The summed E-state index contributed by atoms with van der Waals surface area (Å²) in [7, 11) is -1.18. The highest BCUT2D eigenvalue weighted by molar-refractivity contribution is 6.76. The number of ether oxygens (including phenoxy) is 2. The fourth-order valence-electron chi connectivity index (χ4n) is 7.06. The quantitative estimate of drug-likeness (QED) is 0.130. The Balaban J connectivity index is 1.07. The minimum atomic E-state index is -1.18. The number of fused-ring (bicyclic) bond motifs is 3. The molecule has 3 saturated carbocycles. The second-order valence-electron chi connectivity index (χ2n) is 13.9. The third-order valence-corrected chi connectivity index (χ3v) is 12.0. The second kappa shape index (κ2) is 11.8. The van der Waals surface area contributed by atoms with Gasteiger partial charge in [0.15, 0.2) is 0 Å². The lowest BCUT2D eigenvalue weighted by Gasteiger charge is -2.42. The molecule has 1 aromatic carbocycles. The Kier molecular flexibility index (Phi) is 8.12. The molecule has 44 heavy (non-hydrogen) atoms. The monoisotopic (exact) mass is 655 g/mol. The summed E-state index contributed by atoms with van der Waals surface area (Å²) in [6, 6.07) is 8.55. The molecule has 0 unspecified atom stereocenters. The number of hydrogen-bond donors (Lipinski definition) is 1. The van der Waals surface area contributed by atoms with E-state index >= 15 is 0 Å². The molecule has 0 amide bonds. The van der Waals surface area contributed by atoms with E-state index in [1.165, 1.54) is 0 Å². The van der Waals surface area contributed by atoms with Crippen LogP contribution in [0.25, 0.3) is 22.4 Å². The van der Waals surface area contributed by atoms with Gasteiger partial charge in [0.25, 0.3) is 0 Å². The van der Waals surface area contributed by atoms with Crippen LogP contribution in [-0.4, -0.2) is 51.0 Å². The maximum atomic E-state index is 12.3. The highest BCUT2D eigenvalue weighted by Gasteiger charge is 2.55. The van der Waals surface area contributed by atoms with Crippen LogP contribution in [0.5, 0.6) is 0 Å². The van der Waals surface area contributed by atoms with Crippen molar-refractivity contribution in [2.24, 2.45) is 11.8 Å². The normalized spacial score (nSPS) is 25.3. The number of benzene rings is 1. The first kappa shape index (κ1) is 30.3. The Morgan fingerprint density at radius 1 is 1.09 bits per heavy atom. The van der Waals surface area contributed by atoms with E-state index in [-0.39, 0.29) is 17.9 Å². The van der Waals surface area contributed by atoms with Crippen LogP contribution in [-0.2, 0) is 28.4 Å². The van der Waals surface area contributed by atoms with Gasteiger partial charge in [-0.1, -0.05) is 59.3 Å². The van der Waals surface area contributed by atoms with Gasteiger partial charge in [0, 0.05) is 43.5 Å². The number of aliphatic hydroxyl groups is 1. The first-order valence-corrected chi connectivity index (χ1v) is 20.1. The molecule has 0 spiro atoms. The highest BCUT2D eigenvalue weighted by Crippen LogP contribution is 2.56. The van der Waals surface area contributed by atoms with E-state index in [2.05, 4.69) is 40.1 Å². The Bertz CT molecular complexity index is 1630. The molecule has 1 N–H and O–H groups in total. The molecular formula is C32H39Cl2N5O4Si. The van der Waals surface area contributed by atoms with Crippen LogP contribution in [0.4, 0.5) is 0 Å². The minimum Gasteiger partial charge on any atom is -0.385 e. The van der Waals surface area contributed by atoms with Gasteiger partial charge in [0.2, 0.25) is 5.65 Å². The van der Waals surface area contributed by atoms with Gasteiger partial charge in [0.05, 0.1) is 28.4 Å². The SMILES string of the molecule is C[Si](C)(C)CCOCn1nnc2ncc([C@]3(O)[C@@H]4CC[C@H]3C[C@H](OCc3c(-c5c(Cl)cccc5Cl)noc3C3CC3)C4)cc21. The molecule has 4 aromatic rings. The Labute approximate surface area is 268 Å². The Hall–Kier alpha value is -2.34. The molecule has 3 aliphatic carbocycles. The number of aromatic nitrogens is 5. The third kappa shape index (κ3) is 5.73. The van der Waals surface area contributed by atoms with Gasteiger partial charge in [-0.3, -0.25) is 0 Å². The largest absolute Gasteiger partial charge is 0.385 e. The summed E-state index contributed by atoms with van der Waals surface area (Å²) in [6.45, 7) is 8.38. The van der Waals surface area contributed by atoms with Crippen LogP contribution in [0.3, 0.4) is 0 Å². The predicted octanol–water partition coefficient (Wildman–Crippen LogP) is 7.57. The molecule has 0 aliphatic heterocycles. The van der Waals surface area contributed by atoms with E-state index in [9.17, 15) is 5.11 Å². The van der Waals surface area contributed by atoms with Gasteiger partial charge in [0.1, 0.15) is 23.7 Å². The lowest BCUT2D eigenvalue weighted by molar-refractivity contribution is -0.116. The van der Waals surface area contributed by atoms with Gasteiger partial charge in [-0.25, -0.2) is 9.67 Å². The van der Waals surface area contributed by atoms with Crippen molar-refractivity contribution in [3.05, 3.63) is 57.4 Å². The molecule has 3 aliphatic rings. The van der Waals surface area contributed by atoms with Gasteiger partial charge in [-0.15, -0.1) is 5.10 Å². The van der Waals surface area contributed by atoms with Crippen LogP contribution < -0.4 is 0 Å². The molecule has 3 aromatic heterocycles. The zero-order valence-electron chi connectivity index (χ0n) is 25.4. The fraction of sp³-hybridized carbons (Fsp3) is 0.562. The van der Waals surface area contributed by atoms with Crippen LogP contribution in [0.15, 0.2) is 35.0 Å². The average molecular weight is 657 g/mol. The lowest BCUT2D eigenvalue weighted by Crippen LogP contribution is -2.44. The van der Waals surface area contributed by atoms with Gasteiger partial charge >= 0.3 is 0 Å². The predicted molar refractivity (Wildman–Crippen MR) is 171 cm³/mol. The Morgan fingerprint density at radius 2 is 1.82 bits per heavy atom. The highest BCUT2D eigenvalue weighted by atomic mass is 35.5. The van der Waals surface area contributed by atoms with Crippen molar-refractivity contribution in [3.8, 4) is 11.3 Å². The van der Waals surface area contributed by atoms with Crippen molar-refractivity contribution < 1.29 is 19.1 Å². The van der Waals surface area contributed by atoms with Crippen LogP contribution in [0, 0.1) is 11.8 Å². The van der Waals surface area contributed by atoms with Crippen molar-refractivity contribution in [3.63, 3.8) is 0 Å². The smallest absolute Gasteiger partial charge is 0.201 e. The molecule has 3 fully saturated rings. The van der Waals surface area contributed by atoms with Crippen LogP contribution >= 0.6 is 23.2 Å². The maximum Gasteiger partial charge on any atom is 0.201 e. The molecule has 0 radical (unpaired) electrons. The number of pyridine rings is 1. The molecule has 4 atom stereocenters. The molecule has 12 heteroatoms. The second-order valence-corrected chi connectivity index (χ2v) is 20.4. The molecule has 2 bridgehead atoms. The average Bonchev–Trinajstić information content (AvgIpc) is 3.59. The summed E-state index contributed by atoms with van der Waals surface area (Å²) in [5, 5.41) is 26.2. The number of hydrogen-bond acceptors (Lipinski definition) is 8. The van der Waals surface area contributed by atoms with E-state index in [0.29, 0.717) is 52.8 Å². The van der Waals surface area contributed by atoms with E-state index in [4.69, 9.17) is 37.2 Å². The van der Waals surface area contributed by atoms with E-state index in [0.717, 1.165) is 67.0 Å². The zero-order chi connectivity index (χ0) is 30.6. The molecule has 234 valence electrons. The topological polar surface area (TPSA) is 108 Å². The van der Waals surface area contributed by atoms with Crippen LogP contribution in [0.2, 0.25) is 35.7 Å². The standard InChI is InChI=1S/C32H39Cl2N5O4Si/c1-44(2,3)12-11-41-18-39-27-15-22(16-35-31(27)36-38-39)32(40)20-9-10-21(32)14-23(13-20)42-17-24-29(37-43-30(24)19-7-8-19)28-25(33)5-4-6-26(28)34/h4-6,15-16,19-21,23,40H,7-14,17-18H2,1-3H3/t20-,21+,23-,32+. The van der Waals surface area contributed by atoms with E-state index in [1.807, 2.05) is 24.3 Å². The van der Waals surface area contributed by atoms with Crippen LogP contribution in [0.1, 0.15) is 61.3 Å². The molecule has 3 heterocycles. The summed E-state index contributed by atoms with van der Waals surface area (Å²) in [4.78, 5) is 4.59. The first-order valence-electron chi connectivity index (χ1n) is 15.7. The molecule has 9 nitrogen and oxygen atoms in total. The molecular weight excluding hydrogens is 617 g/mol. The lowest BCUT2D eigenvalue weighted by atomic mass is 9.70. The van der Waals surface area contributed by atoms with Gasteiger partial charge in [-0.2, -0.15) is 0 Å². The van der Waals surface area contributed by atoms with E-state index < -0.39 is 13.7 Å². The van der Waals surface area contributed by atoms with Crippen molar-refractivity contribution in [1.29, 1.82) is 0 Å². The Morgan fingerprint density at radius 3 is 2.50 bits per heavy atom. The third-order valence-electron chi connectivity index (χ3n) is 9.68. The minimum absolute atomic E-state index is 0.00736. The summed E-state index contributed by atoms with van der Waals surface area (Å²) in [5.41, 5.74) is 3.47. The van der Waals surface area contributed by atoms with Crippen molar-refractivity contribution >= 4 is 42.4 Å². The number of halogens is 2. The summed E-state index contributed by atoms with van der Waals surface area (Å²) < 4.78 is 20.1. The first-order chi connectivity index (χ1) is 21.1. The van der Waals surface area contributed by atoms with Crippen molar-refractivity contribution in [2.45, 2.75) is 95.2 Å². The zero-order valence-corrected chi connectivity index (χ0v) is 27.9. The number of nitrogens with zero attached hydrogens (tertiary/aromatic N) is 5. The summed E-state index contributed by atoms with van der Waals surface area (Å²) in [5.74, 6) is 1.36. The van der Waals surface area contributed by atoms with Gasteiger partial charge in [-0.05, 0) is 74.6 Å². The van der Waals surface area contributed by atoms with Crippen molar-refractivity contribution in [1.82, 2.24) is 25.1 Å². The van der Waals surface area contributed by atoms with E-state index in [1.54, 1.807) is 10.9 Å². The fourth-order valence-corrected chi connectivity index (χ4v) is 8.39. The van der Waals surface area contributed by atoms with Crippen molar-refractivity contribution in [2.75, 3.05) is 6.61 Å². The van der Waals surface area contributed by atoms with Gasteiger partial charge < -0.3 is 19.1 Å². The summed E-state index contributed by atoms with van der Waals surface area (Å²) >= 11 is 13.1. The number of rotatable bonds is 11.